The molecule has 0 aromatic heterocycles. The van der Waals surface area contributed by atoms with Crippen LogP contribution in [0.25, 0.3) is 0 Å². The van der Waals surface area contributed by atoms with Crippen molar-refractivity contribution in [2.45, 2.75) is 38.8 Å². The maximum atomic E-state index is 11.7. The molecule has 6 heteroatoms. The molecule has 1 aliphatic heterocycles. The van der Waals surface area contributed by atoms with E-state index in [1.54, 1.807) is 0 Å². The molecular weight excluding hydrogens is 246 g/mol. The number of rotatable bonds is 6. The van der Waals surface area contributed by atoms with Crippen LogP contribution < -0.4 is 10.6 Å². The highest BCUT2D eigenvalue weighted by Gasteiger charge is 2.27. The summed E-state index contributed by atoms with van der Waals surface area (Å²) in [5, 5.41) is 5.99. The van der Waals surface area contributed by atoms with Crippen LogP contribution in [0, 0.1) is 0 Å². The zero-order valence-electron chi connectivity index (χ0n) is 12.1. The summed E-state index contributed by atoms with van der Waals surface area (Å²) in [7, 11) is 1.35. The normalized spacial score (nSPS) is 18.1. The van der Waals surface area contributed by atoms with E-state index in [0.29, 0.717) is 12.6 Å². The van der Waals surface area contributed by atoms with E-state index in [9.17, 15) is 9.59 Å². The molecule has 1 unspecified atom stereocenters. The van der Waals surface area contributed by atoms with Crippen LogP contribution in [-0.4, -0.2) is 62.1 Å². The van der Waals surface area contributed by atoms with E-state index in [1.807, 2.05) is 0 Å². The van der Waals surface area contributed by atoms with Crippen molar-refractivity contribution in [3.63, 3.8) is 0 Å². The molecule has 0 bridgehead atoms. The van der Waals surface area contributed by atoms with Gasteiger partial charge in [0.05, 0.1) is 7.11 Å². The lowest BCUT2D eigenvalue weighted by Gasteiger charge is -2.35. The second kappa shape index (κ2) is 8.12. The summed E-state index contributed by atoms with van der Waals surface area (Å²) in [4.78, 5) is 25.1. The standard InChI is InChI=1S/C13H25N3O3/c1-4-16(11-5-7-14-8-6-11)9-12(13(18)19-3)15-10(2)17/h11-12,14H,4-9H2,1-3H3,(H,15,17). The van der Waals surface area contributed by atoms with Gasteiger partial charge in [-0.1, -0.05) is 6.92 Å². The Bertz CT molecular complexity index is 304. The zero-order valence-corrected chi connectivity index (χ0v) is 12.1. The van der Waals surface area contributed by atoms with E-state index in [-0.39, 0.29) is 11.9 Å². The maximum Gasteiger partial charge on any atom is 0.329 e. The van der Waals surface area contributed by atoms with Crippen LogP contribution in [0.1, 0.15) is 26.7 Å². The van der Waals surface area contributed by atoms with Gasteiger partial charge in [0.25, 0.3) is 0 Å². The molecule has 1 aliphatic rings. The van der Waals surface area contributed by atoms with Crippen LogP contribution in [-0.2, 0) is 14.3 Å². The van der Waals surface area contributed by atoms with E-state index >= 15 is 0 Å². The molecule has 1 rings (SSSR count). The van der Waals surface area contributed by atoms with Gasteiger partial charge < -0.3 is 15.4 Å². The van der Waals surface area contributed by atoms with Crippen molar-refractivity contribution in [3.05, 3.63) is 0 Å². The molecule has 1 saturated heterocycles. The molecule has 2 N–H and O–H groups in total. The summed E-state index contributed by atoms with van der Waals surface area (Å²) in [6.45, 7) is 6.86. The first-order valence-electron chi connectivity index (χ1n) is 6.88. The van der Waals surface area contributed by atoms with Crippen LogP contribution in [0.15, 0.2) is 0 Å². The quantitative estimate of drug-likeness (QED) is 0.651. The lowest BCUT2D eigenvalue weighted by Crippen LogP contribution is -2.52. The van der Waals surface area contributed by atoms with Gasteiger partial charge in [-0.05, 0) is 32.5 Å². The highest BCUT2D eigenvalue weighted by Crippen LogP contribution is 2.12. The van der Waals surface area contributed by atoms with Gasteiger partial charge in [0.15, 0.2) is 0 Å². The molecule has 0 aromatic carbocycles. The molecule has 1 atom stereocenters. The summed E-state index contributed by atoms with van der Waals surface area (Å²) in [5.74, 6) is -0.598. The van der Waals surface area contributed by atoms with Crippen LogP contribution in [0.5, 0.6) is 0 Å². The van der Waals surface area contributed by atoms with E-state index in [1.165, 1.54) is 14.0 Å². The minimum atomic E-state index is -0.586. The summed E-state index contributed by atoms with van der Waals surface area (Å²) >= 11 is 0. The Morgan fingerprint density at radius 1 is 1.42 bits per heavy atom. The Labute approximate surface area is 114 Å². The van der Waals surface area contributed by atoms with Gasteiger partial charge in [0.1, 0.15) is 6.04 Å². The topological polar surface area (TPSA) is 70.7 Å². The maximum absolute atomic E-state index is 11.7. The SMILES string of the molecule is CCN(CC(NC(C)=O)C(=O)OC)C1CCNCC1. The molecule has 0 radical (unpaired) electrons. The Hall–Kier alpha value is -1.14. The van der Waals surface area contributed by atoms with Gasteiger partial charge in [-0.15, -0.1) is 0 Å². The fraction of sp³-hybridized carbons (Fsp3) is 0.846. The molecule has 1 fully saturated rings. The number of hydrogen-bond donors (Lipinski definition) is 2. The first kappa shape index (κ1) is 15.9. The molecule has 0 spiro atoms. The van der Waals surface area contributed by atoms with Crippen molar-refractivity contribution in [1.29, 1.82) is 0 Å². The number of esters is 1. The van der Waals surface area contributed by atoms with Crippen molar-refractivity contribution in [1.82, 2.24) is 15.5 Å². The molecule has 0 aromatic rings. The van der Waals surface area contributed by atoms with Gasteiger partial charge in [-0.25, -0.2) is 4.79 Å². The highest BCUT2D eigenvalue weighted by molar-refractivity contribution is 5.83. The predicted octanol–water partition coefficient (Wildman–Crippen LogP) is -0.262. The van der Waals surface area contributed by atoms with E-state index in [0.717, 1.165) is 32.5 Å². The van der Waals surface area contributed by atoms with Gasteiger partial charge >= 0.3 is 5.97 Å². The van der Waals surface area contributed by atoms with Crippen LogP contribution >= 0.6 is 0 Å². The second-order valence-corrected chi connectivity index (χ2v) is 4.85. The lowest BCUT2D eigenvalue weighted by atomic mass is 10.0. The van der Waals surface area contributed by atoms with Crippen molar-refractivity contribution in [2.75, 3.05) is 33.3 Å². The first-order chi connectivity index (χ1) is 9.08. The number of methoxy groups -OCH3 is 1. The summed E-state index contributed by atoms with van der Waals surface area (Å²) in [6.07, 6.45) is 2.14. The average Bonchev–Trinajstić information content (AvgIpc) is 2.43. The third kappa shape index (κ3) is 5.16. The number of ether oxygens (including phenoxy) is 1. The van der Waals surface area contributed by atoms with E-state index in [2.05, 4.69) is 22.5 Å². The van der Waals surface area contributed by atoms with Gasteiger partial charge in [0, 0.05) is 19.5 Å². The molecule has 0 saturated carbocycles. The fourth-order valence-corrected chi connectivity index (χ4v) is 2.51. The number of piperidine rings is 1. The molecule has 1 amide bonds. The van der Waals surface area contributed by atoms with Crippen molar-refractivity contribution < 1.29 is 14.3 Å². The number of nitrogens with zero attached hydrogens (tertiary/aromatic N) is 1. The Morgan fingerprint density at radius 3 is 2.53 bits per heavy atom. The largest absolute Gasteiger partial charge is 0.467 e. The molecule has 6 nitrogen and oxygen atoms in total. The first-order valence-corrected chi connectivity index (χ1v) is 6.88. The third-order valence-electron chi connectivity index (χ3n) is 3.51. The van der Waals surface area contributed by atoms with E-state index < -0.39 is 6.04 Å². The molecular formula is C13H25N3O3. The van der Waals surface area contributed by atoms with Crippen molar-refractivity contribution in [2.24, 2.45) is 0 Å². The van der Waals surface area contributed by atoms with Crippen LogP contribution in [0.2, 0.25) is 0 Å². The Morgan fingerprint density at radius 2 is 2.05 bits per heavy atom. The van der Waals surface area contributed by atoms with Crippen LogP contribution in [0.3, 0.4) is 0 Å². The average molecular weight is 271 g/mol. The number of carbonyl (C=O) groups is 2. The molecule has 19 heavy (non-hydrogen) atoms. The fourth-order valence-electron chi connectivity index (χ4n) is 2.51. The molecule has 1 heterocycles. The zero-order chi connectivity index (χ0) is 14.3. The highest BCUT2D eigenvalue weighted by atomic mass is 16.5. The minimum absolute atomic E-state index is 0.211. The number of likely N-dealkylation sites (N-methyl/N-ethyl adjacent to an activating group) is 1. The van der Waals surface area contributed by atoms with Gasteiger partial charge in [-0.2, -0.15) is 0 Å². The number of hydrogen-bond acceptors (Lipinski definition) is 5. The van der Waals surface area contributed by atoms with Gasteiger partial charge in [0.2, 0.25) is 5.91 Å². The second-order valence-electron chi connectivity index (χ2n) is 4.85. The van der Waals surface area contributed by atoms with Crippen molar-refractivity contribution >= 4 is 11.9 Å². The number of nitrogens with one attached hydrogen (secondary N) is 2. The summed E-state index contributed by atoms with van der Waals surface area (Å²) < 4.78 is 4.75. The Kier molecular flexibility index (Phi) is 6.80. The monoisotopic (exact) mass is 271 g/mol. The van der Waals surface area contributed by atoms with Gasteiger partial charge in [-0.3, -0.25) is 9.69 Å². The van der Waals surface area contributed by atoms with Crippen LogP contribution in [0.4, 0.5) is 0 Å². The molecule has 0 aliphatic carbocycles. The Balaban J connectivity index is 2.62. The summed E-state index contributed by atoms with van der Waals surface area (Å²) in [6, 6.07) is -0.121. The minimum Gasteiger partial charge on any atom is -0.467 e. The van der Waals surface area contributed by atoms with E-state index in [4.69, 9.17) is 4.74 Å². The smallest absolute Gasteiger partial charge is 0.329 e. The number of carbonyl (C=O) groups excluding carboxylic acids is 2. The van der Waals surface area contributed by atoms with Crippen molar-refractivity contribution in [3.8, 4) is 0 Å². The lowest BCUT2D eigenvalue weighted by molar-refractivity contribution is -0.145. The molecule has 110 valence electrons. The number of amides is 1. The third-order valence-corrected chi connectivity index (χ3v) is 3.51. The summed E-state index contributed by atoms with van der Waals surface area (Å²) in [5.41, 5.74) is 0. The predicted molar refractivity (Wildman–Crippen MR) is 72.8 cm³/mol.